The Morgan fingerprint density at radius 2 is 2.05 bits per heavy atom. The molecule has 21 heavy (non-hydrogen) atoms. The maximum absolute atomic E-state index is 5.93. The molecule has 0 aliphatic heterocycles. The van der Waals surface area contributed by atoms with E-state index in [4.69, 9.17) is 10.5 Å². The molecule has 0 spiro atoms. The normalized spacial score (nSPS) is 20.9. The van der Waals surface area contributed by atoms with Crippen LogP contribution < -0.4 is 15.8 Å². The molecule has 0 bridgehead atoms. The van der Waals surface area contributed by atoms with Gasteiger partial charge in [-0.15, -0.1) is 24.0 Å². The van der Waals surface area contributed by atoms with Crippen LogP contribution >= 0.6 is 24.0 Å². The number of guanidine groups is 1. The van der Waals surface area contributed by atoms with Gasteiger partial charge < -0.3 is 15.8 Å². The first kappa shape index (κ1) is 18.1. The predicted octanol–water partition coefficient (Wildman–Crippen LogP) is 4.01. The first-order valence-electron chi connectivity index (χ1n) is 7.45. The second-order valence-corrected chi connectivity index (χ2v) is 5.68. The predicted molar refractivity (Wildman–Crippen MR) is 99.7 cm³/mol. The highest BCUT2D eigenvalue weighted by Gasteiger charge is 2.35. The van der Waals surface area contributed by atoms with Crippen molar-refractivity contribution >= 4 is 35.6 Å². The summed E-state index contributed by atoms with van der Waals surface area (Å²) in [6, 6.07) is 8.21. The summed E-state index contributed by atoms with van der Waals surface area (Å²) in [7, 11) is 0. The van der Waals surface area contributed by atoms with E-state index in [1.807, 2.05) is 38.1 Å². The Balaban J connectivity index is 0.00000220. The molecule has 1 aliphatic rings. The molecule has 2 unspecified atom stereocenters. The van der Waals surface area contributed by atoms with Gasteiger partial charge in [0.15, 0.2) is 5.96 Å². The van der Waals surface area contributed by atoms with Gasteiger partial charge in [0.2, 0.25) is 0 Å². The lowest BCUT2D eigenvalue weighted by molar-refractivity contribution is 0.242. The Morgan fingerprint density at radius 1 is 1.38 bits per heavy atom. The average molecular weight is 403 g/mol. The summed E-state index contributed by atoms with van der Waals surface area (Å²) in [6.07, 6.45) is 3.84. The molecule has 4 nitrogen and oxygen atoms in total. The fraction of sp³-hybridized carbons (Fsp3) is 0.562. The summed E-state index contributed by atoms with van der Waals surface area (Å²) in [4.78, 5) is 4.51. The molecule has 1 fully saturated rings. The highest BCUT2D eigenvalue weighted by molar-refractivity contribution is 14.0. The third-order valence-corrected chi connectivity index (χ3v) is 3.35. The minimum absolute atomic E-state index is 0. The number of halogens is 1. The molecule has 0 aromatic heterocycles. The van der Waals surface area contributed by atoms with Gasteiger partial charge in [-0.05, 0) is 56.9 Å². The number of nitrogens with two attached hydrogens (primary N) is 1. The van der Waals surface area contributed by atoms with E-state index in [1.54, 1.807) is 0 Å². The van der Waals surface area contributed by atoms with E-state index in [0.29, 0.717) is 12.0 Å². The van der Waals surface area contributed by atoms with Crippen molar-refractivity contribution in [1.82, 2.24) is 0 Å². The third-order valence-electron chi connectivity index (χ3n) is 3.35. The lowest BCUT2D eigenvalue weighted by Crippen LogP contribution is -2.23. The van der Waals surface area contributed by atoms with Gasteiger partial charge in [0.1, 0.15) is 5.75 Å². The summed E-state index contributed by atoms with van der Waals surface area (Å²) in [5.41, 5.74) is 6.87. The van der Waals surface area contributed by atoms with Crippen LogP contribution in [0.15, 0.2) is 29.3 Å². The summed E-state index contributed by atoms with van der Waals surface area (Å²) in [6.45, 7) is 6.24. The first-order chi connectivity index (χ1) is 9.58. The van der Waals surface area contributed by atoms with Gasteiger partial charge in [0.05, 0.1) is 12.1 Å². The monoisotopic (exact) mass is 403 g/mol. The van der Waals surface area contributed by atoms with E-state index in [2.05, 4.69) is 17.2 Å². The Bertz CT molecular complexity index is 459. The van der Waals surface area contributed by atoms with Crippen LogP contribution in [0.3, 0.4) is 0 Å². The SMILES string of the molecule is CCCC1CC1N=C(N)Nc1ccc(OC(C)C)cc1.I. The summed E-state index contributed by atoms with van der Waals surface area (Å²) in [5.74, 6) is 2.11. The van der Waals surface area contributed by atoms with Gasteiger partial charge in [0.25, 0.3) is 0 Å². The fourth-order valence-corrected chi connectivity index (χ4v) is 2.32. The number of hydrogen-bond donors (Lipinski definition) is 2. The summed E-state index contributed by atoms with van der Waals surface area (Å²) < 4.78 is 5.60. The highest BCUT2D eigenvalue weighted by atomic mass is 127. The lowest BCUT2D eigenvalue weighted by Gasteiger charge is -2.10. The van der Waals surface area contributed by atoms with Crippen molar-refractivity contribution in [3.05, 3.63) is 24.3 Å². The molecule has 118 valence electrons. The molecule has 2 rings (SSSR count). The largest absolute Gasteiger partial charge is 0.491 e. The Kier molecular flexibility index (Phi) is 7.28. The Morgan fingerprint density at radius 3 is 2.62 bits per heavy atom. The average Bonchev–Trinajstić information content (AvgIpc) is 3.09. The smallest absolute Gasteiger partial charge is 0.193 e. The van der Waals surface area contributed by atoms with Crippen molar-refractivity contribution in [2.45, 2.75) is 52.2 Å². The molecule has 1 aromatic rings. The van der Waals surface area contributed by atoms with E-state index in [9.17, 15) is 0 Å². The molecule has 2 atom stereocenters. The summed E-state index contributed by atoms with van der Waals surface area (Å²) in [5, 5.41) is 3.13. The molecule has 1 aliphatic carbocycles. The van der Waals surface area contributed by atoms with Crippen molar-refractivity contribution in [2.75, 3.05) is 5.32 Å². The molecule has 0 radical (unpaired) electrons. The van der Waals surface area contributed by atoms with Gasteiger partial charge >= 0.3 is 0 Å². The number of ether oxygens (including phenoxy) is 1. The number of aliphatic imine (C=N–C) groups is 1. The number of rotatable bonds is 6. The molecule has 3 N–H and O–H groups in total. The topological polar surface area (TPSA) is 59.6 Å². The van der Waals surface area contributed by atoms with Crippen molar-refractivity contribution in [1.29, 1.82) is 0 Å². The lowest BCUT2D eigenvalue weighted by atomic mass is 10.2. The van der Waals surface area contributed by atoms with E-state index in [0.717, 1.165) is 17.4 Å². The van der Waals surface area contributed by atoms with Gasteiger partial charge in [-0.1, -0.05) is 13.3 Å². The number of benzene rings is 1. The molecule has 5 heteroatoms. The van der Waals surface area contributed by atoms with E-state index < -0.39 is 0 Å². The molecule has 0 amide bonds. The maximum Gasteiger partial charge on any atom is 0.193 e. The van der Waals surface area contributed by atoms with Crippen LogP contribution in [0.25, 0.3) is 0 Å². The maximum atomic E-state index is 5.93. The standard InChI is InChI=1S/C16H25N3O.HI/c1-4-5-12-10-15(12)19-16(17)18-13-6-8-14(9-7-13)20-11(2)3;/h6-9,11-12,15H,4-5,10H2,1-3H3,(H3,17,18,19);1H. The third kappa shape index (κ3) is 6.11. The number of nitrogens with one attached hydrogen (secondary N) is 1. The summed E-state index contributed by atoms with van der Waals surface area (Å²) >= 11 is 0. The van der Waals surface area contributed by atoms with Crippen molar-refractivity contribution in [3.63, 3.8) is 0 Å². The zero-order chi connectivity index (χ0) is 14.5. The van der Waals surface area contributed by atoms with Gasteiger partial charge in [-0.3, -0.25) is 0 Å². The van der Waals surface area contributed by atoms with E-state index in [-0.39, 0.29) is 30.1 Å². The minimum atomic E-state index is 0. The molecular weight excluding hydrogens is 377 g/mol. The van der Waals surface area contributed by atoms with Crippen LogP contribution in [0.4, 0.5) is 5.69 Å². The van der Waals surface area contributed by atoms with Crippen molar-refractivity contribution in [2.24, 2.45) is 16.6 Å². The van der Waals surface area contributed by atoms with Gasteiger partial charge in [-0.2, -0.15) is 0 Å². The quantitative estimate of drug-likeness (QED) is 0.429. The van der Waals surface area contributed by atoms with E-state index >= 15 is 0 Å². The van der Waals surface area contributed by atoms with Crippen molar-refractivity contribution in [3.8, 4) is 5.75 Å². The van der Waals surface area contributed by atoms with Crippen LogP contribution in [0.5, 0.6) is 5.75 Å². The van der Waals surface area contributed by atoms with Gasteiger partial charge in [-0.25, -0.2) is 4.99 Å². The van der Waals surface area contributed by atoms with Crippen LogP contribution in [0, 0.1) is 5.92 Å². The van der Waals surface area contributed by atoms with Crippen LogP contribution in [0.1, 0.15) is 40.0 Å². The Hall–Kier alpha value is -0.980. The Labute approximate surface area is 144 Å². The molecule has 0 heterocycles. The van der Waals surface area contributed by atoms with Gasteiger partial charge in [0, 0.05) is 5.69 Å². The second kappa shape index (κ2) is 8.46. The molecule has 0 saturated heterocycles. The second-order valence-electron chi connectivity index (χ2n) is 5.68. The van der Waals surface area contributed by atoms with Crippen LogP contribution in [0.2, 0.25) is 0 Å². The zero-order valence-electron chi connectivity index (χ0n) is 13.0. The number of anilines is 1. The minimum Gasteiger partial charge on any atom is -0.491 e. The molecule has 1 saturated carbocycles. The number of nitrogens with zero attached hydrogens (tertiary/aromatic N) is 1. The first-order valence-corrected chi connectivity index (χ1v) is 7.45. The molecular formula is C16H26IN3O. The van der Waals surface area contributed by atoms with Crippen LogP contribution in [-0.4, -0.2) is 18.1 Å². The zero-order valence-corrected chi connectivity index (χ0v) is 15.3. The van der Waals surface area contributed by atoms with Crippen molar-refractivity contribution < 1.29 is 4.74 Å². The van der Waals surface area contributed by atoms with Crippen LogP contribution in [-0.2, 0) is 0 Å². The number of hydrogen-bond acceptors (Lipinski definition) is 2. The molecule has 1 aromatic carbocycles. The fourth-order valence-electron chi connectivity index (χ4n) is 2.32. The van der Waals surface area contributed by atoms with E-state index in [1.165, 1.54) is 19.3 Å². The highest BCUT2D eigenvalue weighted by Crippen LogP contribution is 2.37.